The van der Waals surface area contributed by atoms with E-state index in [0.717, 1.165) is 27.8 Å². The summed E-state index contributed by atoms with van der Waals surface area (Å²) in [4.78, 5) is 0. The number of hydrogen-bond donors (Lipinski definition) is 0. The van der Waals surface area contributed by atoms with Gasteiger partial charge in [-0.15, -0.1) is 0 Å². The van der Waals surface area contributed by atoms with Crippen LogP contribution in [0.2, 0.25) is 0 Å². The molecule has 0 amide bonds. The van der Waals surface area contributed by atoms with Gasteiger partial charge in [-0.1, -0.05) is 48.6 Å². The average Bonchev–Trinajstić information content (AvgIpc) is 2.81. The van der Waals surface area contributed by atoms with Crippen molar-refractivity contribution in [3.8, 4) is 0 Å². The zero-order valence-electron chi connectivity index (χ0n) is 10.1. The third kappa shape index (κ3) is 1.22. The number of halogens is 1. The van der Waals surface area contributed by atoms with Crippen LogP contribution >= 0.6 is 0 Å². The summed E-state index contributed by atoms with van der Waals surface area (Å²) in [7, 11) is 0. The zero-order valence-corrected chi connectivity index (χ0v) is 10.1. The van der Waals surface area contributed by atoms with Crippen molar-refractivity contribution in [2.75, 3.05) is 0 Å². The van der Waals surface area contributed by atoms with Crippen LogP contribution in [0.15, 0.2) is 54.1 Å². The molecule has 0 saturated heterocycles. The monoisotopic (exact) mass is 226 g/mol. The summed E-state index contributed by atoms with van der Waals surface area (Å²) in [5.41, 5.74) is 3.63. The van der Waals surface area contributed by atoms with Gasteiger partial charge in [0.05, 0.1) is 0 Å². The Labute approximate surface area is 101 Å². The second kappa shape index (κ2) is 3.19. The molecule has 0 fully saturated rings. The molecule has 0 spiro atoms. The molecule has 2 aliphatic rings. The topological polar surface area (TPSA) is 0 Å². The Balaban J connectivity index is 2.21. The predicted molar refractivity (Wildman–Crippen MR) is 69.3 cm³/mol. The van der Waals surface area contributed by atoms with Gasteiger partial charge < -0.3 is 0 Å². The van der Waals surface area contributed by atoms with Gasteiger partial charge in [0.1, 0.15) is 5.67 Å². The number of alkyl halides is 1. The molecule has 1 heteroatoms. The number of benzene rings is 1. The van der Waals surface area contributed by atoms with Gasteiger partial charge in [0.2, 0.25) is 0 Å². The highest BCUT2D eigenvalue weighted by atomic mass is 19.1. The molecule has 2 unspecified atom stereocenters. The smallest absolute Gasteiger partial charge is 0.144 e. The van der Waals surface area contributed by atoms with E-state index in [4.69, 9.17) is 0 Å². The molecule has 1 aromatic carbocycles. The first-order chi connectivity index (χ1) is 8.03. The molecule has 0 radical (unpaired) electrons. The van der Waals surface area contributed by atoms with Gasteiger partial charge >= 0.3 is 0 Å². The lowest BCUT2D eigenvalue weighted by atomic mass is 9.83. The fourth-order valence-electron chi connectivity index (χ4n) is 3.07. The van der Waals surface area contributed by atoms with Crippen molar-refractivity contribution in [3.05, 3.63) is 65.3 Å². The molecule has 2 atom stereocenters. The first kappa shape index (κ1) is 10.5. The lowest BCUT2D eigenvalue weighted by molar-refractivity contribution is 0.166. The van der Waals surface area contributed by atoms with E-state index in [9.17, 15) is 0 Å². The van der Waals surface area contributed by atoms with Crippen LogP contribution in [0.4, 0.5) is 4.39 Å². The van der Waals surface area contributed by atoms with Crippen LogP contribution < -0.4 is 0 Å². The lowest BCUT2D eigenvalue weighted by Gasteiger charge is -2.25. The standard InChI is InChI=1S/C16H15F/c1-10(2)11-8-9-13-12-6-4-5-7-14(12)16(3,17)15(11)13/h4-9,15H,1H2,2-3H3. The second-order valence-corrected chi connectivity index (χ2v) is 5.08. The van der Waals surface area contributed by atoms with E-state index in [-0.39, 0.29) is 5.92 Å². The SMILES string of the molecule is C=C(C)C1=CC=C2c3ccccc3C(C)(F)C12. The van der Waals surface area contributed by atoms with E-state index in [1.54, 1.807) is 6.92 Å². The van der Waals surface area contributed by atoms with E-state index >= 15 is 4.39 Å². The summed E-state index contributed by atoms with van der Waals surface area (Å²) in [6.07, 6.45) is 4.05. The Morgan fingerprint density at radius 1 is 1.29 bits per heavy atom. The van der Waals surface area contributed by atoms with Crippen LogP contribution in [0.25, 0.3) is 5.57 Å². The highest BCUT2D eigenvalue weighted by Crippen LogP contribution is 2.57. The van der Waals surface area contributed by atoms with Gasteiger partial charge in [0.15, 0.2) is 0 Å². The highest BCUT2D eigenvalue weighted by Gasteiger charge is 2.49. The molecule has 2 aliphatic carbocycles. The van der Waals surface area contributed by atoms with E-state index in [1.807, 2.05) is 43.3 Å². The van der Waals surface area contributed by atoms with E-state index < -0.39 is 5.67 Å². The quantitative estimate of drug-likeness (QED) is 0.665. The van der Waals surface area contributed by atoms with Crippen molar-refractivity contribution in [1.82, 2.24) is 0 Å². The van der Waals surface area contributed by atoms with Gasteiger partial charge in [-0.3, -0.25) is 0 Å². The molecule has 86 valence electrons. The van der Waals surface area contributed by atoms with Crippen molar-refractivity contribution < 1.29 is 4.39 Å². The summed E-state index contributed by atoms with van der Waals surface area (Å²) in [6.45, 7) is 7.58. The van der Waals surface area contributed by atoms with E-state index in [1.165, 1.54) is 0 Å². The molecule has 0 bridgehead atoms. The van der Waals surface area contributed by atoms with Gasteiger partial charge in [-0.05, 0) is 36.1 Å². The Bertz CT molecular complexity index is 573. The summed E-state index contributed by atoms with van der Waals surface area (Å²) < 4.78 is 15.0. The molecule has 1 aromatic rings. The number of hydrogen-bond acceptors (Lipinski definition) is 0. The summed E-state index contributed by atoms with van der Waals surface area (Å²) in [6, 6.07) is 7.78. The van der Waals surface area contributed by atoms with Crippen molar-refractivity contribution >= 4 is 5.57 Å². The molecular weight excluding hydrogens is 211 g/mol. The Kier molecular flexibility index (Phi) is 1.97. The molecule has 0 aromatic heterocycles. The van der Waals surface area contributed by atoms with Crippen LogP contribution in [0.5, 0.6) is 0 Å². The van der Waals surface area contributed by atoms with Crippen LogP contribution in [-0.2, 0) is 5.67 Å². The maximum Gasteiger partial charge on any atom is 0.144 e. The van der Waals surface area contributed by atoms with Crippen LogP contribution in [0.3, 0.4) is 0 Å². The predicted octanol–water partition coefficient (Wildman–Crippen LogP) is 4.40. The first-order valence-corrected chi connectivity index (χ1v) is 5.90. The van der Waals surface area contributed by atoms with Crippen LogP contribution in [-0.4, -0.2) is 0 Å². The Morgan fingerprint density at radius 2 is 2.00 bits per heavy atom. The second-order valence-electron chi connectivity index (χ2n) is 5.08. The van der Waals surface area contributed by atoms with Crippen molar-refractivity contribution in [1.29, 1.82) is 0 Å². The zero-order chi connectivity index (χ0) is 12.2. The van der Waals surface area contributed by atoms with Gasteiger partial charge in [0.25, 0.3) is 0 Å². The minimum Gasteiger partial charge on any atom is -0.238 e. The molecule has 0 nitrogen and oxygen atoms in total. The number of fused-ring (bicyclic) bond motifs is 3. The Hall–Kier alpha value is -1.63. The highest BCUT2D eigenvalue weighted by molar-refractivity contribution is 5.84. The minimum absolute atomic E-state index is 0.169. The molecule has 3 rings (SSSR count). The molecular formula is C16H15F. The largest absolute Gasteiger partial charge is 0.238 e. The number of rotatable bonds is 1. The molecule has 0 N–H and O–H groups in total. The third-order valence-corrected chi connectivity index (χ3v) is 3.86. The maximum absolute atomic E-state index is 15.0. The van der Waals surface area contributed by atoms with Crippen LogP contribution in [0.1, 0.15) is 25.0 Å². The molecule has 17 heavy (non-hydrogen) atoms. The summed E-state index contributed by atoms with van der Waals surface area (Å²) in [5.74, 6) is -0.169. The normalized spacial score (nSPS) is 29.5. The fraction of sp³-hybridized carbons (Fsp3) is 0.250. The van der Waals surface area contributed by atoms with Crippen molar-refractivity contribution in [3.63, 3.8) is 0 Å². The summed E-state index contributed by atoms with van der Waals surface area (Å²) >= 11 is 0. The fourth-order valence-corrected chi connectivity index (χ4v) is 3.07. The Morgan fingerprint density at radius 3 is 2.71 bits per heavy atom. The molecule has 0 saturated carbocycles. The first-order valence-electron chi connectivity index (χ1n) is 5.90. The van der Waals surface area contributed by atoms with Crippen LogP contribution in [0, 0.1) is 5.92 Å². The maximum atomic E-state index is 15.0. The van der Waals surface area contributed by atoms with E-state index in [0.29, 0.717) is 0 Å². The molecule has 0 aliphatic heterocycles. The third-order valence-electron chi connectivity index (χ3n) is 3.86. The molecule has 0 heterocycles. The van der Waals surface area contributed by atoms with Gasteiger partial charge in [-0.2, -0.15) is 0 Å². The summed E-state index contributed by atoms with van der Waals surface area (Å²) in [5, 5.41) is 0. The van der Waals surface area contributed by atoms with E-state index in [2.05, 4.69) is 6.58 Å². The van der Waals surface area contributed by atoms with Crippen molar-refractivity contribution in [2.45, 2.75) is 19.5 Å². The van der Waals surface area contributed by atoms with Gasteiger partial charge in [-0.25, -0.2) is 4.39 Å². The van der Waals surface area contributed by atoms with Gasteiger partial charge in [0, 0.05) is 5.92 Å². The average molecular weight is 226 g/mol. The minimum atomic E-state index is -1.32. The number of allylic oxidation sites excluding steroid dienone is 5. The van der Waals surface area contributed by atoms with Crippen molar-refractivity contribution in [2.24, 2.45) is 5.92 Å². The lowest BCUT2D eigenvalue weighted by Crippen LogP contribution is -2.23.